The number of halogens is 2. The van der Waals surface area contributed by atoms with Gasteiger partial charge in [0.2, 0.25) is 5.78 Å². The Bertz CT molecular complexity index is 1020. The number of carboxylic acid groups (broad SMARTS) is 1. The van der Waals surface area contributed by atoms with Crippen molar-refractivity contribution in [1.29, 1.82) is 0 Å². The third-order valence-electron chi connectivity index (χ3n) is 3.76. The number of carboxylic acids is 1. The summed E-state index contributed by atoms with van der Waals surface area (Å²) in [6, 6.07) is 9.78. The molecule has 0 saturated carbocycles. The first kappa shape index (κ1) is 15.7. The summed E-state index contributed by atoms with van der Waals surface area (Å²) in [5, 5.41) is 10.1. The van der Waals surface area contributed by atoms with Crippen LogP contribution >= 0.6 is 0 Å². The molecule has 0 radical (unpaired) electrons. The average Bonchev–Trinajstić information content (AvgIpc) is 2.54. The molecule has 0 aliphatic carbocycles. The predicted molar refractivity (Wildman–Crippen MR) is 83.0 cm³/mol. The number of aliphatic carboxylic acids is 1. The quantitative estimate of drug-likeness (QED) is 0.344. The summed E-state index contributed by atoms with van der Waals surface area (Å²) in [5.74, 6) is -5.29. The fourth-order valence-corrected chi connectivity index (χ4v) is 2.61. The zero-order valence-corrected chi connectivity index (χ0v) is 12.2. The molecule has 120 valence electrons. The summed E-state index contributed by atoms with van der Waals surface area (Å²) >= 11 is 0. The van der Waals surface area contributed by atoms with Gasteiger partial charge in [0.05, 0.1) is 12.0 Å². The molecule has 6 heteroatoms. The van der Waals surface area contributed by atoms with Gasteiger partial charge < -0.3 is 5.11 Å². The molecule has 0 aromatic heterocycles. The van der Waals surface area contributed by atoms with E-state index in [1.807, 2.05) is 0 Å². The fraction of sp³-hybridized carbons (Fsp3) is 0.0556. The molecule has 3 aromatic rings. The Labute approximate surface area is 134 Å². The highest BCUT2D eigenvalue weighted by molar-refractivity contribution is 6.37. The second kappa shape index (κ2) is 5.81. The lowest BCUT2D eigenvalue weighted by Gasteiger charge is -2.08. The molecule has 24 heavy (non-hydrogen) atoms. The molecule has 0 unspecified atom stereocenters. The summed E-state index contributed by atoms with van der Waals surface area (Å²) in [4.78, 5) is 33.7. The van der Waals surface area contributed by atoms with E-state index in [0.29, 0.717) is 16.2 Å². The zero-order valence-electron chi connectivity index (χ0n) is 12.2. The van der Waals surface area contributed by atoms with Gasteiger partial charge in [-0.05, 0) is 34.4 Å². The Balaban J connectivity index is 2.19. The number of hydrogen-bond donors (Lipinski definition) is 1. The van der Waals surface area contributed by atoms with Crippen molar-refractivity contribution >= 4 is 39.1 Å². The highest BCUT2D eigenvalue weighted by atomic mass is 19.1. The minimum absolute atomic E-state index is 0.126. The van der Waals surface area contributed by atoms with Gasteiger partial charge in [-0.2, -0.15) is 0 Å². The molecule has 3 rings (SSSR count). The molecule has 0 heterocycles. The van der Waals surface area contributed by atoms with Crippen LogP contribution in [0.1, 0.15) is 16.8 Å². The van der Waals surface area contributed by atoms with Gasteiger partial charge in [-0.25, -0.2) is 13.6 Å². The van der Waals surface area contributed by atoms with E-state index in [4.69, 9.17) is 5.11 Å². The monoisotopic (exact) mass is 328 g/mol. The summed E-state index contributed by atoms with van der Waals surface area (Å²) in [6.45, 7) is 0. The van der Waals surface area contributed by atoms with Crippen LogP contribution in [-0.2, 0) is 9.59 Å². The van der Waals surface area contributed by atoms with Crippen LogP contribution in [0.3, 0.4) is 0 Å². The predicted octanol–water partition coefficient (Wildman–Crippen LogP) is 3.50. The van der Waals surface area contributed by atoms with Crippen LogP contribution in [0.4, 0.5) is 8.78 Å². The molecule has 0 saturated heterocycles. The minimum Gasteiger partial charge on any atom is -0.475 e. The molecule has 0 atom stereocenters. The van der Waals surface area contributed by atoms with Gasteiger partial charge in [0.25, 0.3) is 0 Å². The molecule has 4 nitrogen and oxygen atoms in total. The lowest BCUT2D eigenvalue weighted by atomic mass is 9.96. The molecule has 3 aromatic carbocycles. The number of benzene rings is 3. The van der Waals surface area contributed by atoms with Crippen molar-refractivity contribution in [3.63, 3.8) is 0 Å². The van der Waals surface area contributed by atoms with Gasteiger partial charge in [-0.3, -0.25) is 9.59 Å². The summed E-state index contributed by atoms with van der Waals surface area (Å²) in [5.41, 5.74) is -0.367. The van der Waals surface area contributed by atoms with Gasteiger partial charge in [-0.15, -0.1) is 0 Å². The highest BCUT2D eigenvalue weighted by Gasteiger charge is 2.22. The second-order valence-electron chi connectivity index (χ2n) is 5.28. The van der Waals surface area contributed by atoms with Crippen LogP contribution in [-0.4, -0.2) is 22.6 Å². The Kier molecular flexibility index (Phi) is 3.81. The Hall–Kier alpha value is -3.15. The highest BCUT2D eigenvalue weighted by Crippen LogP contribution is 2.30. The number of ketones is 2. The van der Waals surface area contributed by atoms with E-state index in [2.05, 4.69) is 0 Å². The maximum atomic E-state index is 14.8. The van der Waals surface area contributed by atoms with Crippen molar-refractivity contribution in [2.45, 2.75) is 6.42 Å². The molecule has 0 aliphatic heterocycles. The van der Waals surface area contributed by atoms with E-state index in [0.717, 1.165) is 0 Å². The number of fused-ring (bicyclic) bond motifs is 3. The van der Waals surface area contributed by atoms with Crippen molar-refractivity contribution in [1.82, 2.24) is 0 Å². The molecule has 0 bridgehead atoms. The fourth-order valence-electron chi connectivity index (χ4n) is 2.61. The largest absolute Gasteiger partial charge is 0.475 e. The van der Waals surface area contributed by atoms with Crippen LogP contribution in [0.15, 0.2) is 42.5 Å². The van der Waals surface area contributed by atoms with Crippen LogP contribution < -0.4 is 0 Å². The molecule has 1 N–H and O–H groups in total. The third-order valence-corrected chi connectivity index (χ3v) is 3.76. The molecule has 0 aliphatic rings. The minimum atomic E-state index is -1.74. The van der Waals surface area contributed by atoms with Gasteiger partial charge in [0.15, 0.2) is 5.78 Å². The molecular weight excluding hydrogens is 318 g/mol. The maximum absolute atomic E-state index is 14.8. The third kappa shape index (κ3) is 2.62. The Morgan fingerprint density at radius 2 is 1.58 bits per heavy atom. The lowest BCUT2D eigenvalue weighted by molar-refractivity contribution is -0.148. The smallest absolute Gasteiger partial charge is 0.372 e. The Morgan fingerprint density at radius 1 is 0.917 bits per heavy atom. The van der Waals surface area contributed by atoms with E-state index in [9.17, 15) is 23.2 Å². The molecule has 0 spiro atoms. The maximum Gasteiger partial charge on any atom is 0.372 e. The van der Waals surface area contributed by atoms with E-state index >= 15 is 0 Å². The molecule has 0 amide bonds. The average molecular weight is 328 g/mol. The molecular formula is C18H10F2O4. The number of hydrogen-bond acceptors (Lipinski definition) is 3. The first-order valence-electron chi connectivity index (χ1n) is 6.98. The van der Waals surface area contributed by atoms with Gasteiger partial charge in [-0.1, -0.05) is 24.3 Å². The SMILES string of the molecule is O=C(O)C(=O)CC(=O)c1ccc2ccc3cc(F)ccc3c2c1F. The topological polar surface area (TPSA) is 71.4 Å². The van der Waals surface area contributed by atoms with Crippen molar-refractivity contribution in [2.24, 2.45) is 0 Å². The van der Waals surface area contributed by atoms with E-state index in [1.165, 1.54) is 30.3 Å². The zero-order chi connectivity index (χ0) is 17.4. The lowest BCUT2D eigenvalue weighted by Crippen LogP contribution is -2.17. The standard InChI is InChI=1S/C18H10F2O4/c19-11-4-6-12-10(7-11)2-1-9-3-5-13(17(20)16(9)12)14(21)8-15(22)18(23)24/h1-7H,8H2,(H,23,24). The van der Waals surface area contributed by atoms with E-state index < -0.39 is 35.6 Å². The van der Waals surface area contributed by atoms with Gasteiger partial charge in [0, 0.05) is 5.39 Å². The Morgan fingerprint density at radius 3 is 2.29 bits per heavy atom. The van der Waals surface area contributed by atoms with E-state index in [1.54, 1.807) is 12.1 Å². The first-order valence-corrected chi connectivity index (χ1v) is 6.98. The van der Waals surface area contributed by atoms with Crippen molar-refractivity contribution < 1.29 is 28.3 Å². The van der Waals surface area contributed by atoms with Gasteiger partial charge in [0.1, 0.15) is 11.6 Å². The number of carbonyl (C=O) groups is 3. The van der Waals surface area contributed by atoms with Gasteiger partial charge >= 0.3 is 5.97 Å². The van der Waals surface area contributed by atoms with Crippen molar-refractivity contribution in [3.05, 3.63) is 59.7 Å². The van der Waals surface area contributed by atoms with Crippen LogP contribution in [0.25, 0.3) is 21.5 Å². The van der Waals surface area contributed by atoms with Crippen LogP contribution in [0, 0.1) is 11.6 Å². The van der Waals surface area contributed by atoms with Crippen molar-refractivity contribution in [3.8, 4) is 0 Å². The number of rotatable bonds is 4. The summed E-state index contributed by atoms with van der Waals surface area (Å²) < 4.78 is 28.2. The summed E-state index contributed by atoms with van der Waals surface area (Å²) in [7, 11) is 0. The van der Waals surface area contributed by atoms with Crippen LogP contribution in [0.5, 0.6) is 0 Å². The summed E-state index contributed by atoms with van der Waals surface area (Å²) in [6.07, 6.45) is -0.919. The van der Waals surface area contributed by atoms with E-state index in [-0.39, 0.29) is 10.9 Å². The second-order valence-corrected chi connectivity index (χ2v) is 5.28. The van der Waals surface area contributed by atoms with Crippen LogP contribution in [0.2, 0.25) is 0 Å². The number of Topliss-reactive ketones (excluding diaryl/α,β-unsaturated/α-hetero) is 2. The molecule has 0 fully saturated rings. The normalized spacial score (nSPS) is 10.9. The van der Waals surface area contributed by atoms with Crippen molar-refractivity contribution in [2.75, 3.05) is 0 Å². The first-order chi connectivity index (χ1) is 11.4. The number of carbonyl (C=O) groups excluding carboxylic acids is 2.